The van der Waals surface area contributed by atoms with Crippen LogP contribution in [0, 0.1) is 5.82 Å². The second kappa shape index (κ2) is 8.68. The van der Waals surface area contributed by atoms with Gasteiger partial charge in [-0.05, 0) is 59.3 Å². The Balaban J connectivity index is 1.63. The van der Waals surface area contributed by atoms with Crippen LogP contribution >= 0.6 is 0 Å². The number of ether oxygens (including phenoxy) is 1. The standard InChI is InChI=1S/C24H19FN2O4S/c1-31-23-14-11-18(15-22(23)27-32(29,30)19-12-9-17(25)10-13-19)26-24(28)21-8-4-6-16-5-2-3-7-20(16)21/h2-15,27H,1H3,(H,26,28). The molecular weight excluding hydrogens is 431 g/mol. The van der Waals surface area contributed by atoms with Crippen molar-refractivity contribution >= 4 is 38.1 Å². The highest BCUT2D eigenvalue weighted by molar-refractivity contribution is 7.92. The van der Waals surface area contributed by atoms with Gasteiger partial charge in [0.05, 0.1) is 17.7 Å². The number of nitrogens with one attached hydrogen (secondary N) is 2. The zero-order valence-electron chi connectivity index (χ0n) is 17.0. The maximum atomic E-state index is 13.2. The second-order valence-electron chi connectivity index (χ2n) is 6.96. The molecule has 32 heavy (non-hydrogen) atoms. The first-order chi connectivity index (χ1) is 15.4. The molecule has 6 nitrogen and oxygen atoms in total. The van der Waals surface area contributed by atoms with Crippen LogP contribution in [-0.2, 0) is 10.0 Å². The van der Waals surface area contributed by atoms with Gasteiger partial charge in [-0.1, -0.05) is 36.4 Å². The normalized spacial score (nSPS) is 11.2. The Kier molecular flexibility index (Phi) is 5.79. The van der Waals surface area contributed by atoms with Crippen LogP contribution in [0.25, 0.3) is 10.8 Å². The summed E-state index contributed by atoms with van der Waals surface area (Å²) in [6.45, 7) is 0. The first-order valence-corrected chi connectivity index (χ1v) is 11.1. The van der Waals surface area contributed by atoms with Gasteiger partial charge in [-0.3, -0.25) is 9.52 Å². The van der Waals surface area contributed by atoms with E-state index in [1.165, 1.54) is 13.2 Å². The third kappa shape index (κ3) is 4.40. The monoisotopic (exact) mass is 450 g/mol. The largest absolute Gasteiger partial charge is 0.495 e. The van der Waals surface area contributed by atoms with Crippen LogP contribution in [0.4, 0.5) is 15.8 Å². The number of carbonyl (C=O) groups is 1. The van der Waals surface area contributed by atoms with E-state index in [0.717, 1.165) is 35.0 Å². The molecule has 0 aliphatic heterocycles. The van der Waals surface area contributed by atoms with Gasteiger partial charge in [0.15, 0.2) is 0 Å². The molecule has 8 heteroatoms. The summed E-state index contributed by atoms with van der Waals surface area (Å²) in [5, 5.41) is 4.53. The van der Waals surface area contributed by atoms with E-state index in [4.69, 9.17) is 4.74 Å². The fourth-order valence-corrected chi connectivity index (χ4v) is 4.37. The molecule has 0 aromatic heterocycles. The summed E-state index contributed by atoms with van der Waals surface area (Å²) in [6, 6.07) is 22.0. The molecule has 162 valence electrons. The van der Waals surface area contributed by atoms with E-state index in [-0.39, 0.29) is 22.2 Å². The number of sulfonamides is 1. The molecule has 0 spiro atoms. The summed E-state index contributed by atoms with van der Waals surface area (Å²) in [5.74, 6) is -0.613. The number of anilines is 2. The topological polar surface area (TPSA) is 84.5 Å². The van der Waals surface area contributed by atoms with Crippen LogP contribution in [0.2, 0.25) is 0 Å². The van der Waals surface area contributed by atoms with E-state index in [9.17, 15) is 17.6 Å². The van der Waals surface area contributed by atoms with Crippen LogP contribution in [0.3, 0.4) is 0 Å². The fourth-order valence-electron chi connectivity index (χ4n) is 3.30. The van der Waals surface area contributed by atoms with Crippen molar-refractivity contribution in [1.29, 1.82) is 0 Å². The summed E-state index contributed by atoms with van der Waals surface area (Å²) < 4.78 is 46.2. The van der Waals surface area contributed by atoms with Gasteiger partial charge in [-0.15, -0.1) is 0 Å². The first-order valence-electron chi connectivity index (χ1n) is 9.63. The van der Waals surface area contributed by atoms with Gasteiger partial charge < -0.3 is 10.1 Å². The van der Waals surface area contributed by atoms with Gasteiger partial charge in [0.25, 0.3) is 15.9 Å². The van der Waals surface area contributed by atoms with Crippen molar-refractivity contribution < 1.29 is 22.3 Å². The lowest BCUT2D eigenvalue weighted by molar-refractivity contribution is 0.102. The Bertz CT molecular complexity index is 1400. The molecule has 2 N–H and O–H groups in total. The molecular formula is C24H19FN2O4S. The molecule has 4 rings (SSSR count). The van der Waals surface area contributed by atoms with Crippen molar-refractivity contribution in [2.75, 3.05) is 17.1 Å². The number of rotatable bonds is 6. The number of hydrogen-bond donors (Lipinski definition) is 2. The smallest absolute Gasteiger partial charge is 0.262 e. The molecule has 0 bridgehead atoms. The summed E-state index contributed by atoms with van der Waals surface area (Å²) >= 11 is 0. The van der Waals surface area contributed by atoms with Gasteiger partial charge in [-0.25, -0.2) is 12.8 Å². The molecule has 4 aromatic rings. The van der Waals surface area contributed by atoms with E-state index in [1.807, 2.05) is 30.3 Å². The van der Waals surface area contributed by atoms with Crippen LogP contribution < -0.4 is 14.8 Å². The predicted molar refractivity (Wildman–Crippen MR) is 122 cm³/mol. The Morgan fingerprint density at radius 2 is 1.62 bits per heavy atom. The van der Waals surface area contributed by atoms with Crippen LogP contribution in [-0.4, -0.2) is 21.4 Å². The fraction of sp³-hybridized carbons (Fsp3) is 0.0417. The Hall–Kier alpha value is -3.91. The molecule has 0 fully saturated rings. The lowest BCUT2D eigenvalue weighted by Gasteiger charge is -2.14. The third-order valence-corrected chi connectivity index (χ3v) is 6.24. The van der Waals surface area contributed by atoms with E-state index in [1.54, 1.807) is 24.3 Å². The summed E-state index contributed by atoms with van der Waals surface area (Å²) in [5.41, 5.74) is 1.00. The molecule has 0 unspecified atom stereocenters. The van der Waals surface area contributed by atoms with Crippen molar-refractivity contribution in [3.8, 4) is 5.75 Å². The molecule has 4 aromatic carbocycles. The van der Waals surface area contributed by atoms with E-state index in [2.05, 4.69) is 10.0 Å². The molecule has 1 amide bonds. The number of hydrogen-bond acceptors (Lipinski definition) is 4. The molecule has 0 saturated heterocycles. The average Bonchev–Trinajstić information content (AvgIpc) is 2.79. The molecule has 0 atom stereocenters. The minimum Gasteiger partial charge on any atom is -0.495 e. The first kappa shape index (κ1) is 21.3. The molecule has 0 radical (unpaired) electrons. The maximum absolute atomic E-state index is 13.2. The van der Waals surface area contributed by atoms with Crippen LogP contribution in [0.15, 0.2) is 89.8 Å². The zero-order chi connectivity index (χ0) is 22.7. The van der Waals surface area contributed by atoms with Crippen molar-refractivity contribution in [3.05, 3.63) is 96.3 Å². The number of amides is 1. The minimum absolute atomic E-state index is 0.105. The lowest BCUT2D eigenvalue weighted by atomic mass is 10.0. The van der Waals surface area contributed by atoms with E-state index < -0.39 is 15.8 Å². The Labute approximate surface area is 184 Å². The zero-order valence-corrected chi connectivity index (χ0v) is 17.8. The van der Waals surface area contributed by atoms with Crippen molar-refractivity contribution in [2.45, 2.75) is 4.90 Å². The van der Waals surface area contributed by atoms with E-state index in [0.29, 0.717) is 11.3 Å². The number of carbonyl (C=O) groups excluding carboxylic acids is 1. The van der Waals surface area contributed by atoms with Gasteiger partial charge >= 0.3 is 0 Å². The van der Waals surface area contributed by atoms with Gasteiger partial charge in [0, 0.05) is 11.3 Å². The Morgan fingerprint density at radius 1 is 0.906 bits per heavy atom. The Morgan fingerprint density at radius 3 is 2.38 bits per heavy atom. The van der Waals surface area contributed by atoms with Gasteiger partial charge in [0.2, 0.25) is 0 Å². The molecule has 0 heterocycles. The summed E-state index contributed by atoms with van der Waals surface area (Å²) in [6.07, 6.45) is 0. The quantitative estimate of drug-likeness (QED) is 0.431. The third-order valence-electron chi connectivity index (χ3n) is 4.86. The predicted octanol–water partition coefficient (Wildman–Crippen LogP) is 5.04. The molecule has 0 aliphatic rings. The molecule has 0 saturated carbocycles. The minimum atomic E-state index is -4.00. The maximum Gasteiger partial charge on any atom is 0.262 e. The van der Waals surface area contributed by atoms with Crippen molar-refractivity contribution in [3.63, 3.8) is 0 Å². The number of fused-ring (bicyclic) bond motifs is 1. The lowest BCUT2D eigenvalue weighted by Crippen LogP contribution is -2.15. The highest BCUT2D eigenvalue weighted by atomic mass is 32.2. The number of methoxy groups -OCH3 is 1. The van der Waals surface area contributed by atoms with Crippen LogP contribution in [0.5, 0.6) is 5.75 Å². The highest BCUT2D eigenvalue weighted by Gasteiger charge is 2.18. The number of benzene rings is 4. The summed E-state index contributed by atoms with van der Waals surface area (Å²) in [4.78, 5) is 12.8. The molecule has 0 aliphatic carbocycles. The van der Waals surface area contributed by atoms with Crippen molar-refractivity contribution in [2.24, 2.45) is 0 Å². The van der Waals surface area contributed by atoms with Crippen molar-refractivity contribution in [1.82, 2.24) is 0 Å². The summed E-state index contributed by atoms with van der Waals surface area (Å²) in [7, 11) is -2.60. The van der Waals surface area contributed by atoms with Gasteiger partial charge in [-0.2, -0.15) is 0 Å². The van der Waals surface area contributed by atoms with Crippen LogP contribution in [0.1, 0.15) is 10.4 Å². The SMILES string of the molecule is COc1ccc(NC(=O)c2cccc3ccccc23)cc1NS(=O)(=O)c1ccc(F)cc1. The van der Waals surface area contributed by atoms with Gasteiger partial charge in [0.1, 0.15) is 11.6 Å². The average molecular weight is 450 g/mol. The highest BCUT2D eigenvalue weighted by Crippen LogP contribution is 2.30. The number of halogens is 1. The second-order valence-corrected chi connectivity index (χ2v) is 8.64. The van der Waals surface area contributed by atoms with E-state index >= 15 is 0 Å².